The first-order valence-corrected chi connectivity index (χ1v) is 6.49. The Bertz CT molecular complexity index is 480. The van der Waals surface area contributed by atoms with E-state index in [2.05, 4.69) is 36.4 Å². The number of fused-ring (bicyclic) bond motifs is 1. The summed E-state index contributed by atoms with van der Waals surface area (Å²) in [5.41, 5.74) is 0.827. The van der Waals surface area contributed by atoms with Crippen molar-refractivity contribution in [1.29, 1.82) is 0 Å². The smallest absolute Gasteiger partial charge is 0.229 e. The van der Waals surface area contributed by atoms with Gasteiger partial charge < -0.3 is 15.4 Å². The van der Waals surface area contributed by atoms with Crippen LogP contribution in [0.15, 0.2) is 12.1 Å². The van der Waals surface area contributed by atoms with Gasteiger partial charge in [0.1, 0.15) is 0 Å². The third-order valence-electron chi connectivity index (χ3n) is 3.08. The Kier molecular flexibility index (Phi) is 3.64. The zero-order valence-corrected chi connectivity index (χ0v) is 11.9. The van der Waals surface area contributed by atoms with E-state index in [0.29, 0.717) is 23.9 Å². The van der Waals surface area contributed by atoms with E-state index in [4.69, 9.17) is 4.74 Å². The molecule has 19 heavy (non-hydrogen) atoms. The summed E-state index contributed by atoms with van der Waals surface area (Å²) in [4.78, 5) is 16.5. The molecule has 1 amide bonds. The van der Waals surface area contributed by atoms with Gasteiger partial charge in [0.15, 0.2) is 5.82 Å². The molecule has 5 heteroatoms. The molecule has 104 valence electrons. The van der Waals surface area contributed by atoms with Gasteiger partial charge in [0.05, 0.1) is 18.7 Å². The maximum Gasteiger partial charge on any atom is 0.229 e. The van der Waals surface area contributed by atoms with Gasteiger partial charge in [-0.2, -0.15) is 4.98 Å². The van der Waals surface area contributed by atoms with Gasteiger partial charge in [-0.25, -0.2) is 0 Å². The van der Waals surface area contributed by atoms with Crippen LogP contribution in [0.4, 0.5) is 11.5 Å². The van der Waals surface area contributed by atoms with E-state index in [1.54, 1.807) is 13.2 Å². The minimum absolute atomic E-state index is 0.0492. The zero-order chi connectivity index (χ0) is 14.0. The van der Waals surface area contributed by atoms with Crippen molar-refractivity contribution in [1.82, 2.24) is 4.98 Å². The number of ether oxygens (including phenoxy) is 1. The number of hydrogen-bond acceptors (Lipinski definition) is 4. The molecule has 2 N–H and O–H groups in total. The fourth-order valence-corrected chi connectivity index (χ4v) is 2.24. The molecule has 1 aliphatic heterocycles. The Labute approximate surface area is 113 Å². The number of rotatable bonds is 2. The van der Waals surface area contributed by atoms with Crippen molar-refractivity contribution in [2.45, 2.75) is 27.2 Å². The molecule has 0 radical (unpaired) electrons. The predicted octanol–water partition coefficient (Wildman–Crippen LogP) is 2.51. The van der Waals surface area contributed by atoms with Gasteiger partial charge in [-0.3, -0.25) is 4.79 Å². The molecule has 0 fully saturated rings. The Hall–Kier alpha value is -1.78. The van der Waals surface area contributed by atoms with Crippen LogP contribution < -0.4 is 15.4 Å². The average molecular weight is 263 g/mol. The van der Waals surface area contributed by atoms with E-state index in [0.717, 1.165) is 6.42 Å². The minimum atomic E-state index is -0.0554. The van der Waals surface area contributed by atoms with Crippen molar-refractivity contribution in [3.8, 4) is 5.88 Å². The largest absolute Gasteiger partial charge is 0.481 e. The molecule has 0 aromatic carbocycles. The second-order valence-corrected chi connectivity index (χ2v) is 6.08. The van der Waals surface area contributed by atoms with Crippen molar-refractivity contribution in [3.05, 3.63) is 12.1 Å². The standard InChI is InChI=1S/C14H21N3O2/c1-14(2,3)7-9-8-15-12-10(16-13(9)18)5-6-11(17-12)19-4/h5-6,9H,7-8H2,1-4H3,(H,15,17)(H,16,18). The molecule has 0 aliphatic carbocycles. The molecule has 5 nitrogen and oxygen atoms in total. The van der Waals surface area contributed by atoms with Crippen LogP contribution in [0, 0.1) is 11.3 Å². The molecular weight excluding hydrogens is 242 g/mol. The van der Waals surface area contributed by atoms with Gasteiger partial charge in [0.25, 0.3) is 0 Å². The summed E-state index contributed by atoms with van der Waals surface area (Å²) in [5, 5.41) is 6.16. The van der Waals surface area contributed by atoms with Gasteiger partial charge in [-0.1, -0.05) is 20.8 Å². The summed E-state index contributed by atoms with van der Waals surface area (Å²) in [7, 11) is 1.58. The van der Waals surface area contributed by atoms with Crippen molar-refractivity contribution in [3.63, 3.8) is 0 Å². The first-order chi connectivity index (χ1) is 8.89. The van der Waals surface area contributed by atoms with E-state index in [1.807, 2.05) is 6.07 Å². The number of carbonyl (C=O) groups excluding carboxylic acids is 1. The summed E-state index contributed by atoms with van der Waals surface area (Å²) in [6.07, 6.45) is 0.830. The Morgan fingerprint density at radius 1 is 1.42 bits per heavy atom. The number of aromatic nitrogens is 1. The average Bonchev–Trinajstić information content (AvgIpc) is 2.47. The lowest BCUT2D eigenvalue weighted by Crippen LogP contribution is -2.29. The molecule has 2 heterocycles. The molecule has 0 spiro atoms. The quantitative estimate of drug-likeness (QED) is 0.860. The second-order valence-electron chi connectivity index (χ2n) is 6.08. The number of pyridine rings is 1. The van der Waals surface area contributed by atoms with E-state index >= 15 is 0 Å². The summed E-state index contributed by atoms with van der Waals surface area (Å²) in [6, 6.07) is 3.55. The number of anilines is 2. The number of carbonyl (C=O) groups is 1. The summed E-state index contributed by atoms with van der Waals surface area (Å²) >= 11 is 0. The number of amides is 1. The van der Waals surface area contributed by atoms with Crippen LogP contribution in [-0.2, 0) is 4.79 Å². The van der Waals surface area contributed by atoms with Crippen molar-refractivity contribution < 1.29 is 9.53 Å². The lowest BCUT2D eigenvalue weighted by molar-refractivity contribution is -0.120. The molecule has 1 atom stereocenters. The van der Waals surface area contributed by atoms with Gasteiger partial charge in [0.2, 0.25) is 11.8 Å². The van der Waals surface area contributed by atoms with Gasteiger partial charge in [-0.05, 0) is 17.9 Å². The molecule has 0 bridgehead atoms. The molecule has 1 aliphatic rings. The lowest BCUT2D eigenvalue weighted by Gasteiger charge is -2.23. The summed E-state index contributed by atoms with van der Waals surface area (Å²) in [6.45, 7) is 7.01. The van der Waals surface area contributed by atoms with Gasteiger partial charge >= 0.3 is 0 Å². The van der Waals surface area contributed by atoms with Crippen LogP contribution in [-0.4, -0.2) is 24.5 Å². The third-order valence-corrected chi connectivity index (χ3v) is 3.08. The second kappa shape index (κ2) is 5.07. The van der Waals surface area contributed by atoms with Crippen molar-refractivity contribution >= 4 is 17.4 Å². The summed E-state index contributed by atoms with van der Waals surface area (Å²) < 4.78 is 5.09. The topological polar surface area (TPSA) is 63.2 Å². The number of methoxy groups -OCH3 is 1. The molecule has 0 saturated heterocycles. The molecule has 0 saturated carbocycles. The van der Waals surface area contributed by atoms with Crippen molar-refractivity contribution in [2.75, 3.05) is 24.3 Å². The normalized spacial score (nSPS) is 18.9. The highest BCUT2D eigenvalue weighted by atomic mass is 16.5. The molecule has 1 aromatic rings. The number of nitrogens with one attached hydrogen (secondary N) is 2. The highest BCUT2D eigenvalue weighted by Crippen LogP contribution is 2.30. The number of nitrogens with zero attached hydrogens (tertiary/aromatic N) is 1. The maximum atomic E-state index is 12.2. The number of hydrogen-bond donors (Lipinski definition) is 2. The predicted molar refractivity (Wildman–Crippen MR) is 75.5 cm³/mol. The van der Waals surface area contributed by atoms with Crippen LogP contribution in [0.2, 0.25) is 0 Å². The van der Waals surface area contributed by atoms with Crippen LogP contribution in [0.3, 0.4) is 0 Å². The fourth-order valence-electron chi connectivity index (χ4n) is 2.24. The monoisotopic (exact) mass is 263 g/mol. The fraction of sp³-hybridized carbons (Fsp3) is 0.571. The van der Waals surface area contributed by atoms with E-state index in [-0.39, 0.29) is 17.2 Å². The van der Waals surface area contributed by atoms with E-state index in [1.165, 1.54) is 0 Å². The SMILES string of the molecule is COc1ccc2c(n1)NCC(CC(C)(C)C)C(=O)N2. The Morgan fingerprint density at radius 3 is 2.79 bits per heavy atom. The summed E-state index contributed by atoms with van der Waals surface area (Å²) in [5.74, 6) is 1.20. The lowest BCUT2D eigenvalue weighted by atomic mass is 9.84. The third kappa shape index (κ3) is 3.36. The molecule has 1 aromatic heterocycles. The van der Waals surface area contributed by atoms with Gasteiger partial charge in [0, 0.05) is 12.6 Å². The Morgan fingerprint density at radius 2 is 2.16 bits per heavy atom. The van der Waals surface area contributed by atoms with Gasteiger partial charge in [-0.15, -0.1) is 0 Å². The highest BCUT2D eigenvalue weighted by molar-refractivity contribution is 5.96. The van der Waals surface area contributed by atoms with Crippen LogP contribution in [0.25, 0.3) is 0 Å². The van der Waals surface area contributed by atoms with Crippen LogP contribution in [0.1, 0.15) is 27.2 Å². The molecule has 1 unspecified atom stereocenters. The molecular formula is C14H21N3O2. The maximum absolute atomic E-state index is 12.2. The van der Waals surface area contributed by atoms with Crippen LogP contribution >= 0.6 is 0 Å². The molecule has 2 rings (SSSR count). The zero-order valence-electron chi connectivity index (χ0n) is 11.9. The van der Waals surface area contributed by atoms with E-state index < -0.39 is 0 Å². The first-order valence-electron chi connectivity index (χ1n) is 6.49. The highest BCUT2D eigenvalue weighted by Gasteiger charge is 2.28. The first kappa shape index (κ1) is 13.6. The van der Waals surface area contributed by atoms with E-state index in [9.17, 15) is 4.79 Å². The van der Waals surface area contributed by atoms with Crippen molar-refractivity contribution in [2.24, 2.45) is 11.3 Å². The van der Waals surface area contributed by atoms with Crippen LogP contribution in [0.5, 0.6) is 5.88 Å². The minimum Gasteiger partial charge on any atom is -0.481 e. The Balaban J connectivity index is 2.18.